The van der Waals surface area contributed by atoms with Crippen LogP contribution in [0.4, 0.5) is 0 Å². The smallest absolute Gasteiger partial charge is 0.327 e. The standard InChI is InChI=1S/C12H13NO2S2/c1-15-12(14)11(10-3-5-17-8-10)13-6-9-2-4-16-7-9/h2-5,7-8,11,13H,6H2,1H3/t11-/m0/s1. The highest BCUT2D eigenvalue weighted by Gasteiger charge is 2.20. The van der Waals surface area contributed by atoms with E-state index < -0.39 is 0 Å². The van der Waals surface area contributed by atoms with E-state index in [9.17, 15) is 4.79 Å². The first-order valence-electron chi connectivity index (χ1n) is 5.15. The second kappa shape index (κ2) is 5.95. The van der Waals surface area contributed by atoms with Gasteiger partial charge in [-0.2, -0.15) is 22.7 Å². The highest BCUT2D eigenvalue weighted by Crippen LogP contribution is 2.18. The van der Waals surface area contributed by atoms with Gasteiger partial charge in [-0.25, -0.2) is 4.79 Å². The minimum atomic E-state index is -0.383. The molecule has 2 heterocycles. The molecule has 2 aromatic rings. The van der Waals surface area contributed by atoms with Crippen LogP contribution in [0.3, 0.4) is 0 Å². The van der Waals surface area contributed by atoms with E-state index in [2.05, 4.69) is 10.7 Å². The molecule has 0 fully saturated rings. The van der Waals surface area contributed by atoms with Crippen molar-refractivity contribution in [1.29, 1.82) is 0 Å². The fraction of sp³-hybridized carbons (Fsp3) is 0.250. The zero-order chi connectivity index (χ0) is 12.1. The second-order valence-corrected chi connectivity index (χ2v) is 5.09. The molecule has 1 N–H and O–H groups in total. The van der Waals surface area contributed by atoms with Gasteiger partial charge >= 0.3 is 5.97 Å². The summed E-state index contributed by atoms with van der Waals surface area (Å²) in [7, 11) is 1.41. The second-order valence-electron chi connectivity index (χ2n) is 3.53. The third kappa shape index (κ3) is 3.15. The van der Waals surface area contributed by atoms with Crippen LogP contribution >= 0.6 is 22.7 Å². The number of hydrogen-bond donors (Lipinski definition) is 1. The largest absolute Gasteiger partial charge is 0.468 e. The van der Waals surface area contributed by atoms with Crippen LogP contribution in [0.1, 0.15) is 17.2 Å². The molecule has 0 unspecified atom stereocenters. The van der Waals surface area contributed by atoms with E-state index >= 15 is 0 Å². The Bertz CT molecular complexity index is 451. The molecule has 17 heavy (non-hydrogen) atoms. The first-order chi connectivity index (χ1) is 8.31. The van der Waals surface area contributed by atoms with E-state index in [0.29, 0.717) is 6.54 Å². The number of hydrogen-bond acceptors (Lipinski definition) is 5. The normalized spacial score (nSPS) is 12.3. The maximum absolute atomic E-state index is 11.7. The zero-order valence-corrected chi connectivity index (χ0v) is 11.0. The molecule has 0 spiro atoms. The fourth-order valence-corrected chi connectivity index (χ4v) is 2.86. The molecule has 0 aliphatic heterocycles. The van der Waals surface area contributed by atoms with E-state index in [1.54, 1.807) is 22.7 Å². The summed E-state index contributed by atoms with van der Waals surface area (Å²) in [5, 5.41) is 11.2. The van der Waals surface area contributed by atoms with Gasteiger partial charge in [0.2, 0.25) is 0 Å². The number of carbonyl (C=O) groups excluding carboxylic acids is 1. The Balaban J connectivity index is 2.04. The highest BCUT2D eigenvalue weighted by atomic mass is 32.1. The molecule has 0 amide bonds. The fourth-order valence-electron chi connectivity index (χ4n) is 1.51. The van der Waals surface area contributed by atoms with Crippen molar-refractivity contribution < 1.29 is 9.53 Å². The molecule has 0 saturated heterocycles. The first-order valence-corrected chi connectivity index (χ1v) is 7.04. The molecule has 0 saturated carbocycles. The van der Waals surface area contributed by atoms with E-state index in [1.165, 1.54) is 12.7 Å². The summed E-state index contributed by atoms with van der Waals surface area (Å²) < 4.78 is 4.81. The Morgan fingerprint density at radius 1 is 1.35 bits per heavy atom. The lowest BCUT2D eigenvalue weighted by Gasteiger charge is -2.14. The highest BCUT2D eigenvalue weighted by molar-refractivity contribution is 7.08. The van der Waals surface area contributed by atoms with Crippen molar-refractivity contribution in [1.82, 2.24) is 5.32 Å². The zero-order valence-electron chi connectivity index (χ0n) is 9.38. The van der Waals surface area contributed by atoms with Crippen molar-refractivity contribution in [3.63, 3.8) is 0 Å². The van der Waals surface area contributed by atoms with Crippen molar-refractivity contribution in [2.24, 2.45) is 0 Å². The molecular weight excluding hydrogens is 254 g/mol. The molecule has 5 heteroatoms. The summed E-state index contributed by atoms with van der Waals surface area (Å²) in [4.78, 5) is 11.7. The topological polar surface area (TPSA) is 38.3 Å². The number of nitrogens with one attached hydrogen (secondary N) is 1. The van der Waals surface area contributed by atoms with Crippen molar-refractivity contribution >= 4 is 28.6 Å². The van der Waals surface area contributed by atoms with Crippen LogP contribution in [-0.2, 0) is 16.1 Å². The van der Waals surface area contributed by atoms with Gasteiger partial charge in [0.1, 0.15) is 6.04 Å². The Morgan fingerprint density at radius 3 is 2.71 bits per heavy atom. The molecule has 3 nitrogen and oxygen atoms in total. The Morgan fingerprint density at radius 2 is 2.12 bits per heavy atom. The van der Waals surface area contributed by atoms with Gasteiger partial charge in [-0.15, -0.1) is 0 Å². The van der Waals surface area contributed by atoms with E-state index in [0.717, 1.165) is 5.56 Å². The van der Waals surface area contributed by atoms with Gasteiger partial charge in [0.05, 0.1) is 7.11 Å². The van der Waals surface area contributed by atoms with Gasteiger partial charge in [0.15, 0.2) is 0 Å². The molecule has 0 aromatic carbocycles. The van der Waals surface area contributed by atoms with E-state index in [-0.39, 0.29) is 12.0 Å². The van der Waals surface area contributed by atoms with Crippen LogP contribution in [0.25, 0.3) is 0 Å². The minimum absolute atomic E-state index is 0.251. The molecule has 2 rings (SSSR count). The third-order valence-corrected chi connectivity index (χ3v) is 3.84. The molecule has 0 bridgehead atoms. The summed E-state index contributed by atoms with van der Waals surface area (Å²) >= 11 is 3.22. The van der Waals surface area contributed by atoms with Gasteiger partial charge in [0.25, 0.3) is 0 Å². The Kier molecular flexibility index (Phi) is 4.30. The average Bonchev–Trinajstić information content (AvgIpc) is 3.01. The number of carbonyl (C=O) groups is 1. The molecule has 2 aromatic heterocycles. The quantitative estimate of drug-likeness (QED) is 0.847. The summed E-state index contributed by atoms with van der Waals surface area (Å²) in [6.45, 7) is 0.666. The number of ether oxygens (including phenoxy) is 1. The van der Waals surface area contributed by atoms with Crippen LogP contribution < -0.4 is 5.32 Å². The third-order valence-electron chi connectivity index (χ3n) is 2.40. The summed E-state index contributed by atoms with van der Waals surface area (Å²) in [6.07, 6.45) is 0. The van der Waals surface area contributed by atoms with Gasteiger partial charge in [0, 0.05) is 6.54 Å². The van der Waals surface area contributed by atoms with Gasteiger partial charge in [-0.3, -0.25) is 5.32 Å². The molecule has 0 aliphatic rings. The van der Waals surface area contributed by atoms with E-state index in [4.69, 9.17) is 4.74 Å². The van der Waals surface area contributed by atoms with Crippen LogP contribution in [0, 0.1) is 0 Å². The predicted molar refractivity (Wildman–Crippen MR) is 70.2 cm³/mol. The van der Waals surface area contributed by atoms with Crippen LogP contribution in [0.2, 0.25) is 0 Å². The van der Waals surface area contributed by atoms with Gasteiger partial charge in [-0.1, -0.05) is 0 Å². The lowest BCUT2D eigenvalue weighted by molar-refractivity contribution is -0.143. The van der Waals surface area contributed by atoms with Gasteiger partial charge < -0.3 is 4.74 Å². The number of methoxy groups -OCH3 is 1. The van der Waals surface area contributed by atoms with Crippen molar-refractivity contribution in [3.8, 4) is 0 Å². The Hall–Kier alpha value is -1.17. The lowest BCUT2D eigenvalue weighted by Crippen LogP contribution is -2.28. The van der Waals surface area contributed by atoms with E-state index in [1.807, 2.05) is 28.3 Å². The van der Waals surface area contributed by atoms with Crippen LogP contribution in [0.15, 0.2) is 33.7 Å². The summed E-state index contributed by atoms with van der Waals surface area (Å²) in [6, 6.07) is 3.60. The maximum atomic E-state index is 11.7. The SMILES string of the molecule is COC(=O)[C@@H](NCc1ccsc1)c1ccsc1. The van der Waals surface area contributed by atoms with Crippen LogP contribution in [0.5, 0.6) is 0 Å². The molecule has 1 atom stereocenters. The van der Waals surface area contributed by atoms with Crippen molar-refractivity contribution in [3.05, 3.63) is 44.8 Å². The summed E-state index contributed by atoms with van der Waals surface area (Å²) in [5.74, 6) is -0.251. The minimum Gasteiger partial charge on any atom is -0.468 e. The Labute approximate surface area is 108 Å². The monoisotopic (exact) mass is 267 g/mol. The maximum Gasteiger partial charge on any atom is 0.327 e. The molecule has 0 aliphatic carbocycles. The lowest BCUT2D eigenvalue weighted by atomic mass is 10.1. The predicted octanol–water partition coefficient (Wildman–Crippen LogP) is 2.81. The van der Waals surface area contributed by atoms with Crippen molar-refractivity contribution in [2.45, 2.75) is 12.6 Å². The van der Waals surface area contributed by atoms with Crippen LogP contribution in [-0.4, -0.2) is 13.1 Å². The molecule has 90 valence electrons. The number of esters is 1. The molecular formula is C12H13NO2S2. The first kappa shape index (κ1) is 12.3. The van der Waals surface area contributed by atoms with Crippen molar-refractivity contribution in [2.75, 3.05) is 7.11 Å². The number of thiophene rings is 2. The van der Waals surface area contributed by atoms with Gasteiger partial charge in [-0.05, 0) is 44.8 Å². The summed E-state index contributed by atoms with van der Waals surface area (Å²) in [5.41, 5.74) is 2.14. The average molecular weight is 267 g/mol. The number of rotatable bonds is 5. The molecule has 0 radical (unpaired) electrons.